The molecule has 0 unspecified atom stereocenters. The summed E-state index contributed by atoms with van der Waals surface area (Å²) in [5, 5.41) is 7.75. The zero-order chi connectivity index (χ0) is 12.6. The summed E-state index contributed by atoms with van der Waals surface area (Å²) in [5.74, 6) is 0.509. The summed E-state index contributed by atoms with van der Waals surface area (Å²) in [7, 11) is 0. The Morgan fingerprint density at radius 3 is 2.59 bits per heavy atom. The first kappa shape index (κ1) is 12.6. The monoisotopic (exact) mass is 235 g/mol. The zero-order valence-electron chi connectivity index (χ0n) is 11.8. The second-order valence-corrected chi connectivity index (χ2v) is 6.42. The molecule has 2 rings (SSSR count). The molecule has 1 aromatic heterocycles. The minimum atomic E-state index is 0.243. The van der Waals surface area contributed by atoms with Gasteiger partial charge in [0.15, 0.2) is 0 Å². The molecule has 0 fully saturated rings. The second-order valence-electron chi connectivity index (χ2n) is 6.42. The van der Waals surface area contributed by atoms with Crippen molar-refractivity contribution in [1.82, 2.24) is 15.1 Å². The number of rotatable bonds is 1. The van der Waals surface area contributed by atoms with Gasteiger partial charge < -0.3 is 0 Å². The van der Waals surface area contributed by atoms with Gasteiger partial charge in [0.2, 0.25) is 0 Å². The maximum Gasteiger partial charge on any atom is 0.0695 e. The van der Waals surface area contributed by atoms with Crippen LogP contribution in [0, 0.1) is 0 Å². The molecule has 0 amide bonds. The molecule has 0 spiro atoms. The van der Waals surface area contributed by atoms with Crippen molar-refractivity contribution in [3.63, 3.8) is 0 Å². The third-order valence-corrected chi connectivity index (χ3v) is 3.68. The molecular formula is C14H25N3. The van der Waals surface area contributed by atoms with Crippen LogP contribution in [0.5, 0.6) is 0 Å². The van der Waals surface area contributed by atoms with Gasteiger partial charge in [-0.05, 0) is 46.1 Å². The summed E-state index contributed by atoms with van der Waals surface area (Å²) >= 11 is 0. The van der Waals surface area contributed by atoms with Gasteiger partial charge in [-0.25, -0.2) is 0 Å². The molecular weight excluding hydrogens is 210 g/mol. The van der Waals surface area contributed by atoms with Gasteiger partial charge in [-0.15, -0.1) is 0 Å². The molecule has 2 heterocycles. The van der Waals surface area contributed by atoms with E-state index in [1.807, 2.05) is 0 Å². The van der Waals surface area contributed by atoms with E-state index < -0.39 is 0 Å². The average Bonchev–Trinajstić information content (AvgIpc) is 2.47. The van der Waals surface area contributed by atoms with E-state index in [0.717, 1.165) is 13.0 Å². The average molecular weight is 235 g/mol. The topological polar surface area (TPSA) is 31.9 Å². The molecule has 0 bridgehead atoms. The maximum absolute atomic E-state index is 4.50. The minimum absolute atomic E-state index is 0.243. The third kappa shape index (κ3) is 2.54. The fraction of sp³-hybridized carbons (Fsp3) is 0.786. The Bertz CT molecular complexity index is 385. The van der Waals surface area contributed by atoms with Gasteiger partial charge in [-0.2, -0.15) is 5.10 Å². The van der Waals surface area contributed by atoms with Gasteiger partial charge >= 0.3 is 0 Å². The number of aromatic amines is 1. The van der Waals surface area contributed by atoms with E-state index >= 15 is 0 Å². The van der Waals surface area contributed by atoms with Crippen LogP contribution in [0.1, 0.15) is 63.9 Å². The summed E-state index contributed by atoms with van der Waals surface area (Å²) in [6.45, 7) is 13.6. The van der Waals surface area contributed by atoms with E-state index in [1.165, 1.54) is 29.9 Å². The van der Waals surface area contributed by atoms with Crippen molar-refractivity contribution >= 4 is 0 Å². The molecule has 0 aromatic carbocycles. The SMILES string of the molecule is CC(C)c1n[nH]c2c1CN(C(C)(C)C)CCC2. The molecule has 96 valence electrons. The lowest BCUT2D eigenvalue weighted by Crippen LogP contribution is -2.40. The molecule has 0 aliphatic carbocycles. The summed E-state index contributed by atoms with van der Waals surface area (Å²) in [6, 6.07) is 0. The smallest absolute Gasteiger partial charge is 0.0695 e. The lowest BCUT2D eigenvalue weighted by atomic mass is 10.0. The molecule has 1 aliphatic rings. The van der Waals surface area contributed by atoms with Crippen LogP contribution in [0.25, 0.3) is 0 Å². The quantitative estimate of drug-likeness (QED) is 0.811. The number of aryl methyl sites for hydroxylation is 1. The summed E-state index contributed by atoms with van der Waals surface area (Å²) < 4.78 is 0. The van der Waals surface area contributed by atoms with Gasteiger partial charge in [0.1, 0.15) is 0 Å². The Kier molecular flexibility index (Phi) is 3.30. The molecule has 0 atom stereocenters. The van der Waals surface area contributed by atoms with Gasteiger partial charge in [0, 0.05) is 23.3 Å². The standard InChI is InChI=1S/C14H25N3/c1-10(2)13-11-9-17(14(3,4)5)8-6-7-12(11)15-16-13/h10H,6-9H2,1-5H3,(H,15,16). The molecule has 0 saturated heterocycles. The van der Waals surface area contributed by atoms with Gasteiger partial charge in [0.25, 0.3) is 0 Å². The van der Waals surface area contributed by atoms with Crippen LogP contribution in [0.15, 0.2) is 0 Å². The first-order chi connectivity index (χ1) is 7.89. The van der Waals surface area contributed by atoms with E-state index in [-0.39, 0.29) is 5.54 Å². The van der Waals surface area contributed by atoms with Crippen molar-refractivity contribution in [2.75, 3.05) is 6.54 Å². The molecule has 17 heavy (non-hydrogen) atoms. The highest BCUT2D eigenvalue weighted by molar-refractivity contribution is 5.28. The van der Waals surface area contributed by atoms with Crippen molar-refractivity contribution in [2.24, 2.45) is 0 Å². The van der Waals surface area contributed by atoms with Crippen LogP contribution in [0.4, 0.5) is 0 Å². The molecule has 3 heteroatoms. The summed E-state index contributed by atoms with van der Waals surface area (Å²) in [6.07, 6.45) is 2.37. The van der Waals surface area contributed by atoms with E-state index in [2.05, 4.69) is 49.7 Å². The number of nitrogens with one attached hydrogen (secondary N) is 1. The first-order valence-corrected chi connectivity index (χ1v) is 6.70. The van der Waals surface area contributed by atoms with Gasteiger partial charge in [-0.3, -0.25) is 10.00 Å². The maximum atomic E-state index is 4.50. The predicted molar refractivity (Wildman–Crippen MR) is 71.2 cm³/mol. The third-order valence-electron chi connectivity index (χ3n) is 3.68. The van der Waals surface area contributed by atoms with E-state index in [1.54, 1.807) is 0 Å². The van der Waals surface area contributed by atoms with Gasteiger partial charge in [-0.1, -0.05) is 13.8 Å². The highest BCUT2D eigenvalue weighted by atomic mass is 15.2. The second kappa shape index (κ2) is 4.45. The fourth-order valence-electron chi connectivity index (χ4n) is 2.57. The van der Waals surface area contributed by atoms with Crippen LogP contribution in [0.3, 0.4) is 0 Å². The van der Waals surface area contributed by atoms with Crippen molar-refractivity contribution in [3.05, 3.63) is 17.0 Å². The molecule has 0 saturated carbocycles. The van der Waals surface area contributed by atoms with E-state index in [9.17, 15) is 0 Å². The Balaban J connectivity index is 2.32. The fourth-order valence-corrected chi connectivity index (χ4v) is 2.57. The number of fused-ring (bicyclic) bond motifs is 1. The highest BCUT2D eigenvalue weighted by Gasteiger charge is 2.27. The molecule has 1 aliphatic heterocycles. The first-order valence-electron chi connectivity index (χ1n) is 6.70. The van der Waals surface area contributed by atoms with Crippen molar-refractivity contribution < 1.29 is 0 Å². The molecule has 1 aromatic rings. The lowest BCUT2D eigenvalue weighted by Gasteiger charge is -2.34. The molecule has 0 radical (unpaired) electrons. The highest BCUT2D eigenvalue weighted by Crippen LogP contribution is 2.28. The van der Waals surface area contributed by atoms with Gasteiger partial charge in [0.05, 0.1) is 5.69 Å². The molecule has 1 N–H and O–H groups in total. The largest absolute Gasteiger partial charge is 0.294 e. The Morgan fingerprint density at radius 2 is 2.00 bits per heavy atom. The Hall–Kier alpha value is -0.830. The summed E-state index contributed by atoms with van der Waals surface area (Å²) in [5.41, 5.74) is 4.32. The van der Waals surface area contributed by atoms with E-state index in [4.69, 9.17) is 0 Å². The normalized spacial score (nSPS) is 18.2. The summed E-state index contributed by atoms with van der Waals surface area (Å²) in [4.78, 5) is 2.57. The number of hydrogen-bond donors (Lipinski definition) is 1. The molecule has 3 nitrogen and oxygen atoms in total. The minimum Gasteiger partial charge on any atom is -0.294 e. The van der Waals surface area contributed by atoms with Crippen LogP contribution < -0.4 is 0 Å². The number of nitrogens with zero attached hydrogens (tertiary/aromatic N) is 2. The number of hydrogen-bond acceptors (Lipinski definition) is 2. The Morgan fingerprint density at radius 1 is 1.29 bits per heavy atom. The number of H-pyrrole nitrogens is 1. The Labute approximate surface area is 105 Å². The zero-order valence-corrected chi connectivity index (χ0v) is 11.8. The van der Waals surface area contributed by atoms with Crippen LogP contribution in [-0.4, -0.2) is 27.2 Å². The lowest BCUT2D eigenvalue weighted by molar-refractivity contribution is 0.129. The predicted octanol–water partition coefficient (Wildman–Crippen LogP) is 3.08. The van der Waals surface area contributed by atoms with Crippen LogP contribution >= 0.6 is 0 Å². The van der Waals surface area contributed by atoms with Crippen molar-refractivity contribution in [1.29, 1.82) is 0 Å². The van der Waals surface area contributed by atoms with Crippen LogP contribution in [-0.2, 0) is 13.0 Å². The van der Waals surface area contributed by atoms with Crippen molar-refractivity contribution in [2.45, 2.75) is 65.5 Å². The number of aromatic nitrogens is 2. The van der Waals surface area contributed by atoms with Crippen molar-refractivity contribution in [3.8, 4) is 0 Å². The van der Waals surface area contributed by atoms with Crippen LogP contribution in [0.2, 0.25) is 0 Å². The van der Waals surface area contributed by atoms with E-state index in [0.29, 0.717) is 5.92 Å².